The average Bonchev–Trinajstić information content (AvgIpc) is 2.69. The van der Waals surface area contributed by atoms with E-state index in [1.807, 2.05) is 7.05 Å². The highest BCUT2D eigenvalue weighted by molar-refractivity contribution is 6.32. The monoisotopic (exact) mass is 288 g/mol. The topological polar surface area (TPSA) is 41.1 Å². The molecule has 0 radical (unpaired) electrons. The van der Waals surface area contributed by atoms with Gasteiger partial charge in [0.1, 0.15) is 12.0 Å². The van der Waals surface area contributed by atoms with Crippen LogP contribution in [-0.2, 0) is 13.0 Å². The molecule has 1 aromatic heterocycles. The lowest BCUT2D eigenvalue weighted by Crippen LogP contribution is -2.24. The van der Waals surface area contributed by atoms with Crippen molar-refractivity contribution in [3.63, 3.8) is 0 Å². The summed E-state index contributed by atoms with van der Waals surface area (Å²) in [7, 11) is 1.85. The van der Waals surface area contributed by atoms with Crippen LogP contribution < -0.4 is 10.2 Å². The molecule has 0 unspecified atom stereocenters. The molecule has 2 heterocycles. The summed E-state index contributed by atoms with van der Waals surface area (Å²) in [6.45, 7) is 1.83. The normalized spacial score (nSPS) is 14.6. The van der Waals surface area contributed by atoms with Crippen LogP contribution in [0.25, 0.3) is 0 Å². The molecule has 4 nitrogen and oxygen atoms in total. The molecule has 0 saturated heterocycles. The zero-order valence-electron chi connectivity index (χ0n) is 11.4. The molecule has 0 saturated carbocycles. The van der Waals surface area contributed by atoms with Crippen molar-refractivity contribution in [2.24, 2.45) is 0 Å². The number of benzene rings is 1. The number of fused-ring (bicyclic) bond motifs is 1. The van der Waals surface area contributed by atoms with Gasteiger partial charge in [0, 0.05) is 20.1 Å². The maximum Gasteiger partial charge on any atom is 0.157 e. The minimum atomic E-state index is 0.468. The van der Waals surface area contributed by atoms with Gasteiger partial charge in [-0.3, -0.25) is 0 Å². The molecule has 0 spiro atoms. The molecule has 1 aromatic carbocycles. The number of anilines is 2. The van der Waals surface area contributed by atoms with Crippen LogP contribution in [0, 0.1) is 0 Å². The quantitative estimate of drug-likeness (QED) is 0.862. The van der Waals surface area contributed by atoms with Crippen LogP contribution in [0.4, 0.5) is 11.5 Å². The van der Waals surface area contributed by atoms with Crippen LogP contribution >= 0.6 is 11.6 Å². The lowest BCUT2D eigenvalue weighted by Gasteiger charge is -2.24. The van der Waals surface area contributed by atoms with E-state index in [-0.39, 0.29) is 0 Å². The van der Waals surface area contributed by atoms with Gasteiger partial charge in [-0.25, -0.2) is 9.97 Å². The van der Waals surface area contributed by atoms with E-state index < -0.39 is 0 Å². The van der Waals surface area contributed by atoms with Gasteiger partial charge in [0.25, 0.3) is 0 Å². The summed E-state index contributed by atoms with van der Waals surface area (Å²) in [6, 6.07) is 8.60. The van der Waals surface area contributed by atoms with E-state index in [4.69, 9.17) is 11.6 Å². The largest absolute Gasteiger partial charge is 0.383 e. The Labute approximate surface area is 123 Å². The molecule has 2 aromatic rings. The Morgan fingerprint density at radius 3 is 2.80 bits per heavy atom. The highest BCUT2D eigenvalue weighted by Crippen LogP contribution is 2.31. The predicted octanol–water partition coefficient (Wildman–Crippen LogP) is 3.12. The summed E-state index contributed by atoms with van der Waals surface area (Å²) < 4.78 is 0. The molecule has 5 heteroatoms. The number of nitrogens with zero attached hydrogens (tertiary/aromatic N) is 3. The van der Waals surface area contributed by atoms with Crippen molar-refractivity contribution in [1.82, 2.24) is 9.97 Å². The average molecular weight is 289 g/mol. The first-order chi connectivity index (χ1) is 9.79. The molecule has 0 aliphatic carbocycles. The highest BCUT2D eigenvalue weighted by atomic mass is 35.5. The number of halogens is 1. The smallest absolute Gasteiger partial charge is 0.157 e. The zero-order valence-corrected chi connectivity index (χ0v) is 12.2. The van der Waals surface area contributed by atoms with Gasteiger partial charge in [-0.15, -0.1) is 0 Å². The lowest BCUT2D eigenvalue weighted by atomic mass is 10.0. The van der Waals surface area contributed by atoms with Crippen molar-refractivity contribution in [3.05, 3.63) is 46.9 Å². The minimum Gasteiger partial charge on any atom is -0.383 e. The van der Waals surface area contributed by atoms with Crippen LogP contribution in [-0.4, -0.2) is 23.6 Å². The molecule has 0 atom stereocenters. The Kier molecular flexibility index (Phi) is 3.74. The third-order valence-corrected chi connectivity index (χ3v) is 3.97. The summed E-state index contributed by atoms with van der Waals surface area (Å²) in [5.74, 6) is 0.879. The van der Waals surface area contributed by atoms with Crippen LogP contribution in [0.5, 0.6) is 0 Å². The van der Waals surface area contributed by atoms with Gasteiger partial charge in [0.05, 0.1) is 0 Å². The minimum absolute atomic E-state index is 0.468. The molecule has 1 aliphatic rings. The fourth-order valence-electron chi connectivity index (χ4n) is 2.69. The maximum absolute atomic E-state index is 6.15. The van der Waals surface area contributed by atoms with Gasteiger partial charge < -0.3 is 10.2 Å². The number of nitrogens with one attached hydrogen (secondary N) is 1. The van der Waals surface area contributed by atoms with E-state index in [2.05, 4.69) is 44.5 Å². The second kappa shape index (κ2) is 5.67. The first-order valence-electron chi connectivity index (χ1n) is 6.79. The molecular formula is C15H17ClN4. The summed E-state index contributed by atoms with van der Waals surface area (Å²) in [5.41, 5.74) is 3.59. The van der Waals surface area contributed by atoms with Crippen LogP contribution in [0.1, 0.15) is 17.5 Å². The summed E-state index contributed by atoms with van der Waals surface area (Å²) in [5, 5.41) is 3.57. The van der Waals surface area contributed by atoms with Crippen LogP contribution in [0.2, 0.25) is 5.15 Å². The fourth-order valence-corrected chi connectivity index (χ4v) is 2.91. The van der Waals surface area contributed by atoms with Gasteiger partial charge in [0.15, 0.2) is 11.0 Å². The van der Waals surface area contributed by atoms with Crippen molar-refractivity contribution in [2.75, 3.05) is 23.8 Å². The number of rotatable bonds is 2. The fraction of sp³-hybridized carbons (Fsp3) is 0.333. The molecule has 20 heavy (non-hydrogen) atoms. The molecule has 1 aliphatic heterocycles. The Balaban J connectivity index is 1.98. The second-order valence-electron chi connectivity index (χ2n) is 4.91. The van der Waals surface area contributed by atoms with E-state index >= 15 is 0 Å². The van der Waals surface area contributed by atoms with Crippen molar-refractivity contribution in [3.8, 4) is 0 Å². The first-order valence-corrected chi connectivity index (χ1v) is 7.17. The number of hydrogen-bond acceptors (Lipinski definition) is 4. The Bertz CT molecular complexity index is 615. The SMILES string of the molecule is CNc1c(Cl)ncnc1N1CCCc2ccccc2C1. The van der Waals surface area contributed by atoms with Gasteiger partial charge >= 0.3 is 0 Å². The van der Waals surface area contributed by atoms with Gasteiger partial charge in [0.2, 0.25) is 0 Å². The number of hydrogen-bond donors (Lipinski definition) is 1. The summed E-state index contributed by atoms with van der Waals surface area (Å²) >= 11 is 6.15. The van der Waals surface area contributed by atoms with Crippen molar-refractivity contribution in [2.45, 2.75) is 19.4 Å². The predicted molar refractivity (Wildman–Crippen MR) is 82.4 cm³/mol. The molecule has 104 valence electrons. The first kappa shape index (κ1) is 13.2. The Morgan fingerprint density at radius 1 is 1.20 bits per heavy atom. The maximum atomic E-state index is 6.15. The molecule has 3 rings (SSSR count). The van der Waals surface area contributed by atoms with Crippen LogP contribution in [0.15, 0.2) is 30.6 Å². The van der Waals surface area contributed by atoms with Gasteiger partial charge in [-0.2, -0.15) is 0 Å². The van der Waals surface area contributed by atoms with E-state index in [0.717, 1.165) is 37.4 Å². The highest BCUT2D eigenvalue weighted by Gasteiger charge is 2.19. The molecule has 0 fully saturated rings. The Hall–Kier alpha value is -1.81. The molecule has 0 bridgehead atoms. The number of aromatic nitrogens is 2. The van der Waals surface area contributed by atoms with Gasteiger partial charge in [-0.05, 0) is 24.0 Å². The van der Waals surface area contributed by atoms with E-state index in [9.17, 15) is 0 Å². The van der Waals surface area contributed by atoms with E-state index in [1.165, 1.54) is 17.5 Å². The molecule has 1 N–H and O–H groups in total. The Morgan fingerprint density at radius 2 is 2.00 bits per heavy atom. The van der Waals surface area contributed by atoms with Crippen molar-refractivity contribution in [1.29, 1.82) is 0 Å². The van der Waals surface area contributed by atoms with Crippen LogP contribution in [0.3, 0.4) is 0 Å². The molecular weight excluding hydrogens is 272 g/mol. The van der Waals surface area contributed by atoms with Gasteiger partial charge in [-0.1, -0.05) is 35.9 Å². The van der Waals surface area contributed by atoms with E-state index in [1.54, 1.807) is 0 Å². The van der Waals surface area contributed by atoms with Crippen molar-refractivity contribution >= 4 is 23.1 Å². The van der Waals surface area contributed by atoms with Crippen molar-refractivity contribution < 1.29 is 0 Å². The molecule has 0 amide bonds. The van der Waals surface area contributed by atoms with E-state index in [0.29, 0.717) is 5.15 Å². The number of aryl methyl sites for hydroxylation is 1. The second-order valence-corrected chi connectivity index (χ2v) is 5.26. The summed E-state index contributed by atoms with van der Waals surface area (Å²) in [4.78, 5) is 10.7. The third kappa shape index (κ3) is 2.43. The lowest BCUT2D eigenvalue weighted by molar-refractivity contribution is 0.753. The standard InChI is InChI=1S/C15H17ClN4/c1-17-13-14(16)18-10-19-15(13)20-8-4-7-11-5-2-3-6-12(11)9-20/h2-3,5-6,10,17H,4,7-9H2,1H3. The zero-order chi connectivity index (χ0) is 13.9. The summed E-state index contributed by atoms with van der Waals surface area (Å²) in [6.07, 6.45) is 3.75. The third-order valence-electron chi connectivity index (χ3n) is 3.68.